The monoisotopic (exact) mass is 668 g/mol. The summed E-state index contributed by atoms with van der Waals surface area (Å²) in [6, 6.07) is 46.2. The molecule has 0 amide bonds. The van der Waals surface area contributed by atoms with Gasteiger partial charge >= 0.3 is 0 Å². The van der Waals surface area contributed by atoms with Gasteiger partial charge in [-0.05, 0) is 104 Å². The van der Waals surface area contributed by atoms with Crippen LogP contribution in [0.25, 0.3) is 0 Å². The summed E-state index contributed by atoms with van der Waals surface area (Å²) in [7, 11) is -2.50. The van der Waals surface area contributed by atoms with E-state index in [-0.39, 0.29) is 23.4 Å². The van der Waals surface area contributed by atoms with E-state index in [1.54, 1.807) is 12.1 Å². The maximum Gasteiger partial charge on any atom is 0.251 e. The second-order valence-corrected chi connectivity index (χ2v) is 20.4. The van der Waals surface area contributed by atoms with Gasteiger partial charge in [-0.25, -0.2) is 4.39 Å². The van der Waals surface area contributed by atoms with Gasteiger partial charge < -0.3 is 9.80 Å². The zero-order valence-corrected chi connectivity index (χ0v) is 31.0. The van der Waals surface area contributed by atoms with Crippen molar-refractivity contribution >= 4 is 80.9 Å². The highest BCUT2D eigenvalue weighted by Gasteiger charge is 2.53. The molecular formula is C45H42BFN2Si. The van der Waals surface area contributed by atoms with E-state index in [1.807, 2.05) is 12.1 Å². The molecule has 9 rings (SSSR count). The molecule has 3 heterocycles. The molecule has 6 aromatic rings. The molecule has 3 aliphatic rings. The van der Waals surface area contributed by atoms with Gasteiger partial charge in [-0.3, -0.25) is 0 Å². The Morgan fingerprint density at radius 1 is 0.500 bits per heavy atom. The average Bonchev–Trinajstić information content (AvgIpc) is 3.10. The van der Waals surface area contributed by atoms with Gasteiger partial charge in [-0.1, -0.05) is 125 Å². The van der Waals surface area contributed by atoms with Crippen molar-refractivity contribution in [3.63, 3.8) is 0 Å². The molecule has 0 N–H and O–H groups in total. The summed E-state index contributed by atoms with van der Waals surface area (Å²) in [5.41, 5.74) is 13.8. The molecule has 0 aliphatic carbocycles. The summed E-state index contributed by atoms with van der Waals surface area (Å²) in [6.45, 7) is 16.5. The molecule has 0 aromatic heterocycles. The maximum atomic E-state index is 14.4. The fourth-order valence-corrected chi connectivity index (χ4v) is 13.1. The Hall–Kier alpha value is -4.87. The fraction of sp³-hybridized carbons (Fsp3) is 0.200. The van der Waals surface area contributed by atoms with E-state index >= 15 is 0 Å². The number of anilines is 6. The Morgan fingerprint density at radius 2 is 0.960 bits per heavy atom. The lowest BCUT2D eigenvalue weighted by molar-refractivity contribution is 0.569. The third-order valence-corrected chi connectivity index (χ3v) is 16.0. The fourth-order valence-electron chi connectivity index (χ4n) is 8.87. The summed E-state index contributed by atoms with van der Waals surface area (Å²) in [5, 5.41) is 4.36. The Balaban J connectivity index is 1.43. The number of nitrogens with zero attached hydrogens (tertiary/aromatic N) is 2. The van der Waals surface area contributed by atoms with Crippen molar-refractivity contribution in [2.45, 2.75) is 58.9 Å². The van der Waals surface area contributed by atoms with Crippen LogP contribution in [0.5, 0.6) is 0 Å². The van der Waals surface area contributed by atoms with E-state index in [0.29, 0.717) is 0 Å². The Kier molecular flexibility index (Phi) is 6.58. The second kappa shape index (κ2) is 10.6. The molecule has 6 aromatic carbocycles. The van der Waals surface area contributed by atoms with Crippen molar-refractivity contribution < 1.29 is 4.39 Å². The van der Waals surface area contributed by atoms with Crippen LogP contribution in [0.4, 0.5) is 38.5 Å². The maximum absolute atomic E-state index is 14.4. The molecule has 0 bridgehead atoms. The zero-order valence-electron chi connectivity index (χ0n) is 30.0. The van der Waals surface area contributed by atoms with Crippen LogP contribution in [0, 0.1) is 5.82 Å². The van der Waals surface area contributed by atoms with Crippen LogP contribution in [0.3, 0.4) is 0 Å². The highest BCUT2D eigenvalue weighted by atomic mass is 28.3. The predicted molar refractivity (Wildman–Crippen MR) is 215 cm³/mol. The molecule has 0 saturated carbocycles. The largest absolute Gasteiger partial charge is 0.311 e. The van der Waals surface area contributed by atoms with Gasteiger partial charge in [-0.2, -0.15) is 0 Å². The van der Waals surface area contributed by atoms with Gasteiger partial charge in [0, 0.05) is 34.1 Å². The van der Waals surface area contributed by atoms with Gasteiger partial charge in [0.1, 0.15) is 13.9 Å². The van der Waals surface area contributed by atoms with Gasteiger partial charge in [0.25, 0.3) is 6.71 Å². The molecule has 5 heteroatoms. The van der Waals surface area contributed by atoms with E-state index < -0.39 is 8.07 Å². The number of hydrogen-bond donors (Lipinski definition) is 0. The topological polar surface area (TPSA) is 6.48 Å². The van der Waals surface area contributed by atoms with Crippen LogP contribution in [0.15, 0.2) is 127 Å². The summed E-state index contributed by atoms with van der Waals surface area (Å²) >= 11 is 0. The van der Waals surface area contributed by atoms with Crippen LogP contribution in [-0.2, 0) is 10.8 Å². The Bertz CT molecular complexity index is 2310. The van der Waals surface area contributed by atoms with Crippen molar-refractivity contribution in [3.8, 4) is 0 Å². The Morgan fingerprint density at radius 3 is 1.46 bits per heavy atom. The number of halogens is 1. The minimum absolute atomic E-state index is 0.0212. The van der Waals surface area contributed by atoms with Gasteiger partial charge in [-0.15, -0.1) is 0 Å². The third-order valence-electron chi connectivity index (χ3n) is 11.5. The third kappa shape index (κ3) is 4.32. The van der Waals surface area contributed by atoms with E-state index in [1.165, 1.54) is 65.8 Å². The van der Waals surface area contributed by atoms with E-state index in [2.05, 4.69) is 161 Å². The van der Waals surface area contributed by atoms with Crippen LogP contribution in [0.1, 0.15) is 52.7 Å². The summed E-state index contributed by atoms with van der Waals surface area (Å²) in [4.78, 5) is 4.94. The smallest absolute Gasteiger partial charge is 0.251 e. The molecule has 3 aliphatic heterocycles. The molecule has 2 nitrogen and oxygen atoms in total. The van der Waals surface area contributed by atoms with Crippen LogP contribution in [-0.4, -0.2) is 14.8 Å². The number of rotatable bonds is 3. The summed E-state index contributed by atoms with van der Waals surface area (Å²) in [5.74, 6) is -0.226. The SMILES string of the molecule is CC(C)(C)c1cc(N2c3cccc4c3B3c5c(cccc5[Si](C)(c5ccccc5)c5cccc2c53)N4c2ccc(F)cc2)cc(C(C)(C)C)c1. The lowest BCUT2D eigenvalue weighted by Gasteiger charge is -2.50. The van der Waals surface area contributed by atoms with E-state index in [4.69, 9.17) is 0 Å². The van der Waals surface area contributed by atoms with Crippen molar-refractivity contribution in [1.82, 2.24) is 0 Å². The molecule has 0 spiro atoms. The van der Waals surface area contributed by atoms with Crippen LogP contribution in [0.2, 0.25) is 6.55 Å². The number of hydrogen-bond acceptors (Lipinski definition) is 2. The lowest BCUT2D eigenvalue weighted by Crippen LogP contribution is -2.83. The van der Waals surface area contributed by atoms with Gasteiger partial charge in [0.15, 0.2) is 0 Å². The quantitative estimate of drug-likeness (QED) is 0.177. The normalized spacial score (nSPS) is 17.2. The van der Waals surface area contributed by atoms with Crippen molar-refractivity contribution in [2.24, 2.45) is 0 Å². The van der Waals surface area contributed by atoms with Crippen LogP contribution < -0.4 is 41.7 Å². The average molecular weight is 669 g/mol. The first-order valence-electron chi connectivity index (χ1n) is 17.8. The molecule has 1 unspecified atom stereocenters. The van der Waals surface area contributed by atoms with Crippen LogP contribution >= 0.6 is 0 Å². The minimum Gasteiger partial charge on any atom is -0.311 e. The summed E-state index contributed by atoms with van der Waals surface area (Å²) < 4.78 is 14.4. The first-order chi connectivity index (χ1) is 23.9. The molecule has 246 valence electrons. The minimum atomic E-state index is -2.50. The molecule has 0 fully saturated rings. The second-order valence-electron chi connectivity index (χ2n) is 16.5. The molecular weight excluding hydrogens is 626 g/mol. The van der Waals surface area contributed by atoms with Crippen molar-refractivity contribution in [2.75, 3.05) is 9.80 Å². The van der Waals surface area contributed by atoms with E-state index in [0.717, 1.165) is 11.4 Å². The lowest BCUT2D eigenvalue weighted by atomic mass is 9.33. The summed E-state index contributed by atoms with van der Waals surface area (Å²) in [6.07, 6.45) is 0. The standard InChI is InChI=1S/C45H42BFN2Si/c1-44(2,3)29-26-30(45(4,5)6)28-33(27-29)49-36-17-11-16-35-41(36)46-42-37(48(35)32-24-22-31(47)23-25-32)18-12-20-39(42)50(7,34-14-9-8-10-15-34)40-21-13-19-38(49)43(40)46/h8-28H,1-7H3. The predicted octanol–water partition coefficient (Wildman–Crippen LogP) is 7.92. The van der Waals surface area contributed by atoms with Crippen molar-refractivity contribution in [1.29, 1.82) is 0 Å². The number of benzene rings is 6. The Labute approximate surface area is 297 Å². The molecule has 0 radical (unpaired) electrons. The first-order valence-corrected chi connectivity index (χ1v) is 20.3. The molecule has 50 heavy (non-hydrogen) atoms. The zero-order chi connectivity index (χ0) is 34.7. The van der Waals surface area contributed by atoms with Gasteiger partial charge in [0.05, 0.1) is 0 Å². The molecule has 1 atom stereocenters. The van der Waals surface area contributed by atoms with E-state index in [9.17, 15) is 4.39 Å². The molecule has 0 saturated heterocycles. The highest BCUT2D eigenvalue weighted by molar-refractivity contribution is 7.21. The van der Waals surface area contributed by atoms with Gasteiger partial charge in [0.2, 0.25) is 0 Å². The first kappa shape index (κ1) is 31.1. The van der Waals surface area contributed by atoms with Crippen molar-refractivity contribution in [3.05, 3.63) is 144 Å². The highest BCUT2D eigenvalue weighted by Crippen LogP contribution is 2.45.